The Morgan fingerprint density at radius 1 is 1.39 bits per heavy atom. The van der Waals surface area contributed by atoms with E-state index in [1.807, 2.05) is 19.9 Å². The highest BCUT2D eigenvalue weighted by molar-refractivity contribution is 6.30. The lowest BCUT2D eigenvalue weighted by atomic mass is 10.2. The van der Waals surface area contributed by atoms with Crippen LogP contribution in [0.4, 0.5) is 0 Å². The molecule has 18 heavy (non-hydrogen) atoms. The van der Waals surface area contributed by atoms with Crippen LogP contribution in [0.25, 0.3) is 0 Å². The summed E-state index contributed by atoms with van der Waals surface area (Å²) in [6.45, 7) is 8.39. The predicted octanol–water partition coefficient (Wildman–Crippen LogP) is 3.34. The molecule has 1 rings (SSSR count). The predicted molar refractivity (Wildman–Crippen MR) is 74.7 cm³/mol. The van der Waals surface area contributed by atoms with Gasteiger partial charge in [-0.1, -0.05) is 13.3 Å². The molecular weight excluding hydrogens is 250 g/mol. The molecule has 0 aliphatic carbocycles. The maximum absolute atomic E-state index is 11.6. The Labute approximate surface area is 114 Å². The summed E-state index contributed by atoms with van der Waals surface area (Å²) in [5.41, 5.74) is 2.80. The van der Waals surface area contributed by atoms with E-state index in [-0.39, 0.29) is 11.7 Å². The van der Waals surface area contributed by atoms with Crippen LogP contribution < -0.4 is 0 Å². The summed E-state index contributed by atoms with van der Waals surface area (Å²) in [5.74, 6) is 0.0278. The second-order valence-electron chi connectivity index (χ2n) is 4.46. The van der Waals surface area contributed by atoms with Gasteiger partial charge < -0.3 is 9.30 Å². The van der Waals surface area contributed by atoms with Gasteiger partial charge in [-0.15, -0.1) is 11.6 Å². The first-order chi connectivity index (χ1) is 8.61. The van der Waals surface area contributed by atoms with Gasteiger partial charge in [-0.2, -0.15) is 0 Å². The van der Waals surface area contributed by atoms with Crippen LogP contribution in [-0.2, 0) is 11.3 Å². The van der Waals surface area contributed by atoms with E-state index < -0.39 is 0 Å². The summed E-state index contributed by atoms with van der Waals surface area (Å²) in [6, 6.07) is 1.91. The van der Waals surface area contributed by atoms with E-state index in [1.165, 1.54) is 0 Å². The standard InChI is InChI=1S/C14H22ClNO2/c1-4-5-7-18-8-6-16-11(2)9-13(12(16)3)14(17)10-15/h9H,4-8,10H2,1-3H3. The zero-order valence-electron chi connectivity index (χ0n) is 11.5. The van der Waals surface area contributed by atoms with Crippen LogP contribution in [0.1, 0.15) is 41.5 Å². The van der Waals surface area contributed by atoms with Gasteiger partial charge in [0.15, 0.2) is 5.78 Å². The molecule has 0 aromatic carbocycles. The minimum absolute atomic E-state index is 0.0112. The molecule has 1 heterocycles. The molecule has 0 aliphatic rings. The highest BCUT2D eigenvalue weighted by Gasteiger charge is 2.14. The lowest BCUT2D eigenvalue weighted by molar-refractivity contribution is 0.101. The third-order valence-electron chi connectivity index (χ3n) is 3.10. The van der Waals surface area contributed by atoms with Gasteiger partial charge in [0.2, 0.25) is 0 Å². The Morgan fingerprint density at radius 2 is 2.11 bits per heavy atom. The first-order valence-corrected chi connectivity index (χ1v) is 6.98. The topological polar surface area (TPSA) is 31.2 Å². The Bertz CT molecular complexity index is 399. The van der Waals surface area contributed by atoms with Crippen LogP contribution >= 0.6 is 11.6 Å². The molecular formula is C14H22ClNO2. The van der Waals surface area contributed by atoms with Crippen molar-refractivity contribution < 1.29 is 9.53 Å². The van der Waals surface area contributed by atoms with Gasteiger partial charge in [0.05, 0.1) is 12.5 Å². The number of aryl methyl sites for hydroxylation is 1. The number of unbranched alkanes of at least 4 members (excludes halogenated alkanes) is 1. The van der Waals surface area contributed by atoms with Crippen LogP contribution in [0, 0.1) is 13.8 Å². The van der Waals surface area contributed by atoms with Crippen molar-refractivity contribution in [2.75, 3.05) is 19.1 Å². The molecule has 0 aliphatic heterocycles. The highest BCUT2D eigenvalue weighted by Crippen LogP contribution is 2.16. The average Bonchev–Trinajstić information content (AvgIpc) is 2.65. The maximum Gasteiger partial charge on any atom is 0.179 e. The van der Waals surface area contributed by atoms with Crippen molar-refractivity contribution in [2.24, 2.45) is 0 Å². The van der Waals surface area contributed by atoms with Crippen molar-refractivity contribution in [1.29, 1.82) is 0 Å². The second kappa shape index (κ2) is 7.59. The van der Waals surface area contributed by atoms with Crippen molar-refractivity contribution in [3.05, 3.63) is 23.0 Å². The minimum Gasteiger partial charge on any atom is -0.380 e. The monoisotopic (exact) mass is 271 g/mol. The van der Waals surface area contributed by atoms with Gasteiger partial charge in [0, 0.05) is 30.1 Å². The molecule has 0 saturated carbocycles. The quantitative estimate of drug-likeness (QED) is 0.412. The SMILES string of the molecule is CCCCOCCn1c(C)cc(C(=O)CCl)c1C. The summed E-state index contributed by atoms with van der Waals surface area (Å²) in [4.78, 5) is 11.6. The highest BCUT2D eigenvalue weighted by atomic mass is 35.5. The largest absolute Gasteiger partial charge is 0.380 e. The molecule has 0 amide bonds. The number of ether oxygens (including phenoxy) is 1. The van der Waals surface area contributed by atoms with Crippen LogP contribution in [0.15, 0.2) is 6.07 Å². The average molecular weight is 272 g/mol. The number of nitrogens with zero attached hydrogens (tertiary/aromatic N) is 1. The van der Waals surface area contributed by atoms with Crippen LogP contribution in [0.5, 0.6) is 0 Å². The van der Waals surface area contributed by atoms with E-state index in [0.29, 0.717) is 6.61 Å². The van der Waals surface area contributed by atoms with Gasteiger partial charge in [-0.25, -0.2) is 0 Å². The summed E-state index contributed by atoms with van der Waals surface area (Å²) in [6.07, 6.45) is 2.25. The molecule has 102 valence electrons. The number of hydrogen-bond donors (Lipinski definition) is 0. The molecule has 4 heteroatoms. The van der Waals surface area contributed by atoms with Crippen molar-refractivity contribution in [3.8, 4) is 0 Å². The second-order valence-corrected chi connectivity index (χ2v) is 4.73. The number of rotatable bonds is 8. The summed E-state index contributed by atoms with van der Waals surface area (Å²) in [5, 5.41) is 0. The Balaban J connectivity index is 2.60. The van der Waals surface area contributed by atoms with Gasteiger partial charge in [-0.05, 0) is 26.3 Å². The fourth-order valence-corrected chi connectivity index (χ4v) is 2.15. The molecule has 0 unspecified atom stereocenters. The van der Waals surface area contributed by atoms with Gasteiger partial charge in [0.25, 0.3) is 0 Å². The smallest absolute Gasteiger partial charge is 0.179 e. The zero-order chi connectivity index (χ0) is 13.5. The fourth-order valence-electron chi connectivity index (χ4n) is 2.00. The Morgan fingerprint density at radius 3 is 2.72 bits per heavy atom. The number of carbonyl (C=O) groups excluding carboxylic acids is 1. The number of alkyl halides is 1. The van der Waals surface area contributed by atoms with Crippen LogP contribution in [-0.4, -0.2) is 29.4 Å². The molecule has 0 fully saturated rings. The van der Waals surface area contributed by atoms with E-state index in [4.69, 9.17) is 16.3 Å². The van der Waals surface area contributed by atoms with Crippen molar-refractivity contribution in [1.82, 2.24) is 4.57 Å². The number of Topliss-reactive ketones (excluding diaryl/α,β-unsaturated/α-hetero) is 1. The first kappa shape index (κ1) is 15.3. The molecule has 0 N–H and O–H groups in total. The molecule has 1 aromatic rings. The van der Waals surface area contributed by atoms with Crippen LogP contribution in [0.2, 0.25) is 0 Å². The molecule has 0 bridgehead atoms. The van der Waals surface area contributed by atoms with Crippen LogP contribution in [0.3, 0.4) is 0 Å². The molecule has 0 saturated heterocycles. The third kappa shape index (κ3) is 3.85. The summed E-state index contributed by atoms with van der Waals surface area (Å²) < 4.78 is 7.67. The Hall–Kier alpha value is -0.800. The maximum atomic E-state index is 11.6. The summed E-state index contributed by atoms with van der Waals surface area (Å²) in [7, 11) is 0. The van der Waals surface area contributed by atoms with Crippen molar-refractivity contribution in [2.45, 2.75) is 40.2 Å². The van der Waals surface area contributed by atoms with Crippen molar-refractivity contribution in [3.63, 3.8) is 0 Å². The zero-order valence-corrected chi connectivity index (χ0v) is 12.2. The number of aromatic nitrogens is 1. The van der Waals surface area contributed by atoms with E-state index in [1.54, 1.807) is 0 Å². The van der Waals surface area contributed by atoms with Gasteiger partial charge >= 0.3 is 0 Å². The molecule has 3 nitrogen and oxygen atoms in total. The lowest BCUT2D eigenvalue weighted by Gasteiger charge is -2.10. The number of carbonyl (C=O) groups is 1. The minimum atomic E-state index is -0.0112. The number of halogens is 1. The number of hydrogen-bond acceptors (Lipinski definition) is 2. The first-order valence-electron chi connectivity index (χ1n) is 6.45. The molecule has 0 spiro atoms. The van der Waals surface area contributed by atoms with E-state index in [2.05, 4.69) is 11.5 Å². The van der Waals surface area contributed by atoms with Crippen molar-refractivity contribution >= 4 is 17.4 Å². The Kier molecular flexibility index (Phi) is 6.44. The van der Waals surface area contributed by atoms with E-state index in [0.717, 1.165) is 42.9 Å². The third-order valence-corrected chi connectivity index (χ3v) is 3.34. The molecule has 0 radical (unpaired) electrons. The lowest BCUT2D eigenvalue weighted by Crippen LogP contribution is -2.10. The number of ketones is 1. The normalized spacial score (nSPS) is 10.9. The molecule has 0 atom stereocenters. The van der Waals surface area contributed by atoms with Gasteiger partial charge in [-0.3, -0.25) is 4.79 Å². The fraction of sp³-hybridized carbons (Fsp3) is 0.643. The van der Waals surface area contributed by atoms with E-state index >= 15 is 0 Å². The van der Waals surface area contributed by atoms with E-state index in [9.17, 15) is 4.79 Å². The summed E-state index contributed by atoms with van der Waals surface area (Å²) >= 11 is 5.60. The molecule has 1 aromatic heterocycles. The van der Waals surface area contributed by atoms with Gasteiger partial charge in [0.1, 0.15) is 0 Å².